The lowest BCUT2D eigenvalue weighted by Crippen LogP contribution is -2.51. The molecular formula is C26H25N3O5. The molecule has 0 bridgehead atoms. The van der Waals surface area contributed by atoms with Crippen LogP contribution >= 0.6 is 0 Å². The Morgan fingerprint density at radius 2 is 1.74 bits per heavy atom. The number of amides is 2. The van der Waals surface area contributed by atoms with Crippen LogP contribution in [0.15, 0.2) is 72.8 Å². The lowest BCUT2D eigenvalue weighted by atomic mass is 10.0. The van der Waals surface area contributed by atoms with E-state index in [9.17, 15) is 19.7 Å². The molecule has 0 aromatic heterocycles. The van der Waals surface area contributed by atoms with Crippen LogP contribution in [0.25, 0.3) is 0 Å². The van der Waals surface area contributed by atoms with Crippen molar-refractivity contribution in [3.63, 3.8) is 0 Å². The molecule has 1 atom stereocenters. The molecule has 1 heterocycles. The van der Waals surface area contributed by atoms with E-state index in [4.69, 9.17) is 4.74 Å². The first-order valence-electron chi connectivity index (χ1n) is 11.1. The number of nitro benzene ring substituents is 1. The zero-order chi connectivity index (χ0) is 24.2. The molecule has 0 fully saturated rings. The Morgan fingerprint density at radius 3 is 2.44 bits per heavy atom. The first kappa shape index (κ1) is 23.0. The van der Waals surface area contributed by atoms with Gasteiger partial charge in [0.05, 0.1) is 16.2 Å². The number of carbonyl (C=O) groups excluding carboxylic acids is 2. The summed E-state index contributed by atoms with van der Waals surface area (Å²) in [4.78, 5) is 39.5. The smallest absolute Gasteiger partial charge is 0.270 e. The van der Waals surface area contributed by atoms with Gasteiger partial charge >= 0.3 is 0 Å². The largest absolute Gasteiger partial charge is 0.454 e. The normalized spacial score (nSPS) is 13.4. The van der Waals surface area contributed by atoms with E-state index in [-0.39, 0.29) is 28.9 Å². The quantitative estimate of drug-likeness (QED) is 0.401. The van der Waals surface area contributed by atoms with Crippen molar-refractivity contribution in [2.45, 2.75) is 38.8 Å². The summed E-state index contributed by atoms with van der Waals surface area (Å²) < 4.78 is 5.99. The molecule has 174 valence electrons. The fourth-order valence-electron chi connectivity index (χ4n) is 4.00. The highest BCUT2D eigenvalue weighted by Gasteiger charge is 2.37. The summed E-state index contributed by atoms with van der Waals surface area (Å²) in [6.07, 6.45) is 0.915. The Kier molecular flexibility index (Phi) is 6.58. The number of carbonyl (C=O) groups is 2. The molecule has 0 saturated carbocycles. The fraction of sp³-hybridized carbons (Fsp3) is 0.231. The molecule has 1 aliphatic rings. The van der Waals surface area contributed by atoms with E-state index < -0.39 is 16.9 Å². The predicted molar refractivity (Wildman–Crippen MR) is 128 cm³/mol. The van der Waals surface area contributed by atoms with Gasteiger partial charge in [-0.1, -0.05) is 42.5 Å². The van der Waals surface area contributed by atoms with Gasteiger partial charge in [0.25, 0.3) is 11.6 Å². The van der Waals surface area contributed by atoms with E-state index in [1.165, 1.54) is 23.1 Å². The average Bonchev–Trinajstić information content (AvgIpc) is 2.93. The van der Waals surface area contributed by atoms with Crippen molar-refractivity contribution in [2.24, 2.45) is 0 Å². The summed E-state index contributed by atoms with van der Waals surface area (Å²) in [6, 6.07) is 19.6. The molecule has 1 unspecified atom stereocenters. The Morgan fingerprint density at radius 1 is 1.03 bits per heavy atom. The monoisotopic (exact) mass is 459 g/mol. The van der Waals surface area contributed by atoms with Crippen LogP contribution in [0.2, 0.25) is 0 Å². The van der Waals surface area contributed by atoms with Crippen LogP contribution in [0, 0.1) is 10.1 Å². The Hall–Kier alpha value is -4.20. The van der Waals surface area contributed by atoms with Crippen LogP contribution in [0.1, 0.15) is 36.2 Å². The van der Waals surface area contributed by atoms with Gasteiger partial charge in [-0.15, -0.1) is 0 Å². The van der Waals surface area contributed by atoms with Crippen LogP contribution in [-0.2, 0) is 11.2 Å². The molecule has 34 heavy (non-hydrogen) atoms. The van der Waals surface area contributed by atoms with Gasteiger partial charge < -0.3 is 10.1 Å². The number of hydrogen-bond acceptors (Lipinski definition) is 5. The maximum Gasteiger partial charge on any atom is 0.270 e. The lowest BCUT2D eigenvalue weighted by molar-refractivity contribution is -0.384. The van der Waals surface area contributed by atoms with Gasteiger partial charge in [-0.25, -0.2) is 0 Å². The van der Waals surface area contributed by atoms with Gasteiger partial charge in [-0.3, -0.25) is 24.6 Å². The summed E-state index contributed by atoms with van der Waals surface area (Å²) >= 11 is 0. The molecule has 0 spiro atoms. The van der Waals surface area contributed by atoms with E-state index in [1.54, 1.807) is 24.3 Å². The predicted octanol–water partition coefficient (Wildman–Crippen LogP) is 4.87. The highest BCUT2D eigenvalue weighted by molar-refractivity contribution is 6.13. The first-order chi connectivity index (χ1) is 16.3. The zero-order valence-electron chi connectivity index (χ0n) is 18.9. The topological polar surface area (TPSA) is 102 Å². The summed E-state index contributed by atoms with van der Waals surface area (Å²) in [5.41, 5.74) is 1.28. The number of anilines is 1. The molecular weight excluding hydrogens is 434 g/mol. The second kappa shape index (κ2) is 9.74. The summed E-state index contributed by atoms with van der Waals surface area (Å²) in [5, 5.41) is 14.3. The lowest BCUT2D eigenvalue weighted by Gasteiger charge is -2.31. The Labute approximate surface area is 197 Å². The number of hydrogen-bond donors (Lipinski definition) is 1. The molecule has 4 rings (SSSR count). The van der Waals surface area contributed by atoms with Crippen molar-refractivity contribution in [3.05, 3.63) is 94.0 Å². The molecule has 1 aliphatic heterocycles. The summed E-state index contributed by atoms with van der Waals surface area (Å²) in [6.45, 7) is 3.71. The number of nitro groups is 1. The Bertz CT molecular complexity index is 1230. The van der Waals surface area contributed by atoms with Crippen LogP contribution in [0.3, 0.4) is 0 Å². The number of nitrogens with one attached hydrogen (secondary N) is 1. The van der Waals surface area contributed by atoms with Crippen molar-refractivity contribution in [1.82, 2.24) is 5.32 Å². The number of rotatable bonds is 7. The molecule has 0 radical (unpaired) electrons. The second-order valence-electron chi connectivity index (χ2n) is 8.39. The fourth-order valence-corrected chi connectivity index (χ4v) is 4.00. The number of benzene rings is 3. The van der Waals surface area contributed by atoms with Gasteiger partial charge in [0, 0.05) is 18.2 Å². The number of non-ortho nitro benzene ring substituents is 1. The van der Waals surface area contributed by atoms with E-state index in [0.29, 0.717) is 24.3 Å². The first-order valence-corrected chi connectivity index (χ1v) is 11.1. The number of para-hydroxylation sites is 2. The van der Waals surface area contributed by atoms with Crippen molar-refractivity contribution < 1.29 is 19.2 Å². The van der Waals surface area contributed by atoms with Crippen LogP contribution in [0.5, 0.6) is 11.5 Å². The van der Waals surface area contributed by atoms with Crippen molar-refractivity contribution in [3.8, 4) is 11.5 Å². The van der Waals surface area contributed by atoms with Crippen LogP contribution < -0.4 is 15.0 Å². The maximum absolute atomic E-state index is 13.9. The Balaban J connectivity index is 1.81. The third-order valence-electron chi connectivity index (χ3n) is 5.56. The van der Waals surface area contributed by atoms with Crippen molar-refractivity contribution in [2.75, 3.05) is 4.90 Å². The maximum atomic E-state index is 13.9. The number of fused-ring (bicyclic) bond motifs is 2. The third-order valence-corrected chi connectivity index (χ3v) is 5.56. The number of ether oxygens (including phenoxy) is 1. The molecule has 8 nitrogen and oxygen atoms in total. The SMILES string of the molecule is CC(C)NC(=O)C(CCc1ccccc1)N1C(=O)c2cc([N+](=O)[O-])ccc2Oc2ccccc21. The highest BCUT2D eigenvalue weighted by Crippen LogP contribution is 2.41. The minimum absolute atomic E-state index is 0.0347. The van der Waals surface area contributed by atoms with Gasteiger partial charge in [0.2, 0.25) is 5.91 Å². The molecule has 8 heteroatoms. The minimum Gasteiger partial charge on any atom is -0.454 e. The van der Waals surface area contributed by atoms with E-state index in [0.717, 1.165) is 5.56 Å². The third kappa shape index (κ3) is 4.76. The standard InChI is InChI=1S/C26H25N3O5/c1-17(2)27-25(30)22(14-12-18-8-4-3-5-9-18)28-21-10-6-7-11-24(21)34-23-15-13-19(29(32)33)16-20(23)26(28)31/h3-11,13,15-17,22H,12,14H2,1-2H3,(H,27,30). The van der Waals surface area contributed by atoms with Gasteiger partial charge in [0.1, 0.15) is 11.8 Å². The summed E-state index contributed by atoms with van der Waals surface area (Å²) in [7, 11) is 0. The molecule has 0 saturated heterocycles. The van der Waals surface area contributed by atoms with E-state index in [1.807, 2.05) is 44.2 Å². The average molecular weight is 460 g/mol. The second-order valence-corrected chi connectivity index (χ2v) is 8.39. The molecule has 3 aromatic carbocycles. The van der Waals surface area contributed by atoms with Crippen molar-refractivity contribution in [1.29, 1.82) is 0 Å². The number of aryl methyl sites for hydroxylation is 1. The van der Waals surface area contributed by atoms with E-state index >= 15 is 0 Å². The molecule has 1 N–H and O–H groups in total. The minimum atomic E-state index is -0.856. The van der Waals surface area contributed by atoms with Crippen LogP contribution in [-0.4, -0.2) is 28.8 Å². The van der Waals surface area contributed by atoms with Gasteiger partial charge in [-0.2, -0.15) is 0 Å². The number of nitrogens with zero attached hydrogens (tertiary/aromatic N) is 2. The van der Waals surface area contributed by atoms with E-state index in [2.05, 4.69) is 5.32 Å². The van der Waals surface area contributed by atoms with Gasteiger partial charge in [0.15, 0.2) is 5.75 Å². The molecule has 3 aromatic rings. The molecule has 2 amide bonds. The molecule has 0 aliphatic carbocycles. The van der Waals surface area contributed by atoms with Gasteiger partial charge in [-0.05, 0) is 50.5 Å². The zero-order valence-corrected chi connectivity index (χ0v) is 18.9. The van der Waals surface area contributed by atoms with Crippen LogP contribution in [0.4, 0.5) is 11.4 Å². The summed E-state index contributed by atoms with van der Waals surface area (Å²) in [5.74, 6) is -0.231. The highest BCUT2D eigenvalue weighted by atomic mass is 16.6. The van der Waals surface area contributed by atoms with Crippen molar-refractivity contribution >= 4 is 23.2 Å².